The molecule has 0 saturated carbocycles. The van der Waals surface area contributed by atoms with E-state index >= 15 is 0 Å². The number of rotatable bonds is 2. The summed E-state index contributed by atoms with van der Waals surface area (Å²) in [6.07, 6.45) is 0. The molecule has 1 aromatic heterocycles. The SMILES string of the molecule is Cc1nsc(NC(=O)c2c(F)ccc(N)c2F)n1. The molecule has 5 nitrogen and oxygen atoms in total. The molecule has 0 saturated heterocycles. The van der Waals surface area contributed by atoms with Crippen molar-refractivity contribution in [3.05, 3.63) is 35.2 Å². The number of anilines is 2. The summed E-state index contributed by atoms with van der Waals surface area (Å²) in [5.74, 6) is -2.56. The molecule has 0 unspecified atom stereocenters. The van der Waals surface area contributed by atoms with E-state index in [1.807, 2.05) is 0 Å². The smallest absolute Gasteiger partial charge is 0.263 e. The predicted octanol–water partition coefficient (Wildman–Crippen LogP) is 1.96. The minimum Gasteiger partial charge on any atom is -0.396 e. The van der Waals surface area contributed by atoms with Crippen molar-refractivity contribution in [3.8, 4) is 0 Å². The number of hydrogen-bond donors (Lipinski definition) is 2. The van der Waals surface area contributed by atoms with Gasteiger partial charge in [0.15, 0.2) is 5.82 Å². The van der Waals surface area contributed by atoms with Crippen LogP contribution in [0.1, 0.15) is 16.2 Å². The normalized spacial score (nSPS) is 10.4. The molecule has 1 amide bonds. The van der Waals surface area contributed by atoms with Crippen LogP contribution in [-0.2, 0) is 0 Å². The second-order valence-corrected chi connectivity index (χ2v) is 4.18. The number of nitrogens with zero attached hydrogens (tertiary/aromatic N) is 2. The zero-order chi connectivity index (χ0) is 13.3. The van der Waals surface area contributed by atoms with Gasteiger partial charge in [0, 0.05) is 11.5 Å². The molecule has 0 aliphatic carbocycles. The Morgan fingerprint density at radius 3 is 2.78 bits per heavy atom. The molecule has 0 aliphatic heterocycles. The lowest BCUT2D eigenvalue weighted by atomic mass is 10.1. The van der Waals surface area contributed by atoms with Gasteiger partial charge < -0.3 is 5.73 Å². The highest BCUT2D eigenvalue weighted by Gasteiger charge is 2.20. The van der Waals surface area contributed by atoms with Gasteiger partial charge in [0.1, 0.15) is 17.2 Å². The van der Waals surface area contributed by atoms with Gasteiger partial charge in [-0.25, -0.2) is 13.8 Å². The first kappa shape index (κ1) is 12.4. The van der Waals surface area contributed by atoms with Gasteiger partial charge in [-0.1, -0.05) is 0 Å². The Hall–Kier alpha value is -2.09. The highest BCUT2D eigenvalue weighted by molar-refractivity contribution is 7.09. The predicted molar refractivity (Wildman–Crippen MR) is 63.4 cm³/mol. The number of halogens is 2. The number of nitrogen functional groups attached to an aromatic ring is 1. The Morgan fingerprint density at radius 1 is 1.44 bits per heavy atom. The number of carbonyl (C=O) groups excluding carboxylic acids is 1. The molecule has 1 aromatic carbocycles. The van der Waals surface area contributed by atoms with Gasteiger partial charge in [-0.05, 0) is 19.1 Å². The number of hydrogen-bond acceptors (Lipinski definition) is 5. The van der Waals surface area contributed by atoms with Crippen LogP contribution in [0.15, 0.2) is 12.1 Å². The molecule has 94 valence electrons. The molecule has 8 heteroatoms. The third-order valence-electron chi connectivity index (χ3n) is 2.10. The third kappa shape index (κ3) is 2.28. The molecular formula is C10H8F2N4OS. The lowest BCUT2D eigenvalue weighted by Gasteiger charge is -2.06. The van der Waals surface area contributed by atoms with Crippen molar-refractivity contribution in [2.45, 2.75) is 6.92 Å². The minimum atomic E-state index is -1.09. The van der Waals surface area contributed by atoms with E-state index in [4.69, 9.17) is 5.73 Å². The zero-order valence-electron chi connectivity index (χ0n) is 9.20. The molecule has 2 rings (SSSR count). The van der Waals surface area contributed by atoms with Crippen LogP contribution in [0.4, 0.5) is 19.6 Å². The third-order valence-corrected chi connectivity index (χ3v) is 2.82. The second-order valence-electron chi connectivity index (χ2n) is 3.43. The maximum atomic E-state index is 13.6. The average Bonchev–Trinajstić information content (AvgIpc) is 2.70. The summed E-state index contributed by atoms with van der Waals surface area (Å²) >= 11 is 0.919. The zero-order valence-corrected chi connectivity index (χ0v) is 10.0. The van der Waals surface area contributed by atoms with Gasteiger partial charge >= 0.3 is 0 Å². The van der Waals surface area contributed by atoms with Crippen molar-refractivity contribution in [1.29, 1.82) is 0 Å². The number of benzene rings is 1. The molecule has 0 spiro atoms. The average molecular weight is 270 g/mol. The molecule has 0 atom stereocenters. The van der Waals surface area contributed by atoms with Crippen molar-refractivity contribution in [1.82, 2.24) is 9.36 Å². The number of carbonyl (C=O) groups is 1. The Morgan fingerprint density at radius 2 is 2.17 bits per heavy atom. The van der Waals surface area contributed by atoms with Crippen molar-refractivity contribution in [3.63, 3.8) is 0 Å². The van der Waals surface area contributed by atoms with E-state index in [1.165, 1.54) is 0 Å². The molecule has 18 heavy (non-hydrogen) atoms. The lowest BCUT2D eigenvalue weighted by molar-refractivity contribution is 0.101. The van der Waals surface area contributed by atoms with E-state index in [1.54, 1.807) is 6.92 Å². The maximum absolute atomic E-state index is 13.6. The fourth-order valence-corrected chi connectivity index (χ4v) is 1.85. The van der Waals surface area contributed by atoms with E-state index in [2.05, 4.69) is 14.7 Å². The van der Waals surface area contributed by atoms with E-state index < -0.39 is 23.1 Å². The van der Waals surface area contributed by atoms with Crippen molar-refractivity contribution in [2.75, 3.05) is 11.1 Å². The Labute approximate surface area is 105 Å². The molecule has 0 bridgehead atoms. The summed E-state index contributed by atoms with van der Waals surface area (Å²) < 4.78 is 30.8. The van der Waals surface area contributed by atoms with E-state index in [9.17, 15) is 13.6 Å². The first-order valence-electron chi connectivity index (χ1n) is 4.84. The molecule has 0 fully saturated rings. The Balaban J connectivity index is 2.32. The summed E-state index contributed by atoms with van der Waals surface area (Å²) in [5, 5.41) is 2.42. The number of aromatic nitrogens is 2. The van der Waals surface area contributed by atoms with Crippen molar-refractivity contribution in [2.24, 2.45) is 0 Å². The van der Waals surface area contributed by atoms with E-state index in [0.29, 0.717) is 5.82 Å². The summed E-state index contributed by atoms with van der Waals surface area (Å²) in [6, 6.07) is 1.98. The van der Waals surface area contributed by atoms with Crippen LogP contribution in [0.25, 0.3) is 0 Å². The van der Waals surface area contributed by atoms with Crippen LogP contribution in [0.3, 0.4) is 0 Å². The lowest BCUT2D eigenvalue weighted by Crippen LogP contribution is -2.16. The standard InChI is InChI=1S/C10H8F2N4OS/c1-4-14-10(18-16-4)15-9(17)7-5(11)2-3-6(13)8(7)12/h2-3H,13H2,1H3,(H,14,15,16,17). The van der Waals surface area contributed by atoms with Gasteiger partial charge in [0.2, 0.25) is 5.13 Å². The summed E-state index contributed by atoms with van der Waals surface area (Å²) in [4.78, 5) is 15.6. The van der Waals surface area contributed by atoms with Gasteiger partial charge in [0.05, 0.1) is 5.69 Å². The van der Waals surface area contributed by atoms with Gasteiger partial charge in [-0.15, -0.1) is 0 Å². The van der Waals surface area contributed by atoms with Crippen molar-refractivity contribution < 1.29 is 13.6 Å². The number of nitrogens with two attached hydrogens (primary N) is 1. The van der Waals surface area contributed by atoms with Crippen molar-refractivity contribution >= 4 is 28.3 Å². The summed E-state index contributed by atoms with van der Waals surface area (Å²) in [7, 11) is 0. The largest absolute Gasteiger partial charge is 0.396 e. The molecule has 2 aromatic rings. The Bertz CT molecular complexity index is 614. The summed E-state index contributed by atoms with van der Waals surface area (Å²) in [5.41, 5.74) is 4.25. The van der Waals surface area contributed by atoms with Crippen LogP contribution in [0.2, 0.25) is 0 Å². The first-order valence-corrected chi connectivity index (χ1v) is 5.61. The molecule has 3 N–H and O–H groups in total. The highest BCUT2D eigenvalue weighted by atomic mass is 32.1. The van der Waals surface area contributed by atoms with Crippen LogP contribution < -0.4 is 11.1 Å². The second kappa shape index (κ2) is 4.65. The number of nitrogens with one attached hydrogen (secondary N) is 1. The summed E-state index contributed by atoms with van der Waals surface area (Å²) in [6.45, 7) is 1.63. The monoisotopic (exact) mass is 270 g/mol. The van der Waals surface area contributed by atoms with Gasteiger partial charge in [-0.3, -0.25) is 10.1 Å². The van der Waals surface area contributed by atoms with Crippen LogP contribution in [0, 0.1) is 18.6 Å². The van der Waals surface area contributed by atoms with E-state index in [0.717, 1.165) is 23.7 Å². The molecule has 0 radical (unpaired) electrons. The fraction of sp³-hybridized carbons (Fsp3) is 0.100. The highest BCUT2D eigenvalue weighted by Crippen LogP contribution is 2.20. The Kier molecular flexibility index (Phi) is 3.19. The quantitative estimate of drug-likeness (QED) is 0.817. The van der Waals surface area contributed by atoms with Gasteiger partial charge in [0.25, 0.3) is 5.91 Å². The van der Waals surface area contributed by atoms with Crippen LogP contribution in [-0.4, -0.2) is 15.3 Å². The molecular weight excluding hydrogens is 262 g/mol. The maximum Gasteiger partial charge on any atom is 0.263 e. The number of aryl methyl sites for hydroxylation is 1. The van der Waals surface area contributed by atoms with Crippen LogP contribution in [0.5, 0.6) is 0 Å². The molecule has 1 heterocycles. The topological polar surface area (TPSA) is 80.9 Å². The molecule has 0 aliphatic rings. The van der Waals surface area contributed by atoms with Crippen LogP contribution >= 0.6 is 11.5 Å². The fourth-order valence-electron chi connectivity index (χ4n) is 1.28. The number of amides is 1. The first-order chi connectivity index (χ1) is 8.49. The minimum absolute atomic E-state index is 0.165. The van der Waals surface area contributed by atoms with Gasteiger partial charge in [-0.2, -0.15) is 4.37 Å². The van der Waals surface area contributed by atoms with E-state index in [-0.39, 0.29) is 10.8 Å².